The number of hydrogen-bond donors (Lipinski definition) is 0. The topological polar surface area (TPSA) is 3.24 Å². The quantitative estimate of drug-likeness (QED) is 0.592. The van der Waals surface area contributed by atoms with Gasteiger partial charge in [0.05, 0.1) is 0 Å². The summed E-state index contributed by atoms with van der Waals surface area (Å²) in [6.45, 7) is 7.09. The summed E-state index contributed by atoms with van der Waals surface area (Å²) in [5.74, 6) is 0.846. The molecule has 0 aromatic heterocycles. The van der Waals surface area contributed by atoms with E-state index < -0.39 is 0 Å². The van der Waals surface area contributed by atoms with Crippen LogP contribution in [-0.2, 0) is 0 Å². The lowest BCUT2D eigenvalue weighted by atomic mass is 9.60. The van der Waals surface area contributed by atoms with Crippen molar-refractivity contribution in [2.75, 3.05) is 14.1 Å². The molecule has 0 amide bonds. The third kappa shape index (κ3) is 1.58. The molecule has 1 heteroatoms. The van der Waals surface area contributed by atoms with Crippen LogP contribution in [0.3, 0.4) is 0 Å². The first-order chi connectivity index (χ1) is 4.96. The summed E-state index contributed by atoms with van der Waals surface area (Å²) in [6, 6.07) is 0.849. The van der Waals surface area contributed by atoms with Gasteiger partial charge in [-0.2, -0.15) is 0 Å². The molecule has 1 saturated carbocycles. The Balaban J connectivity index is 2.38. The van der Waals surface area contributed by atoms with Crippen LogP contribution in [0.15, 0.2) is 0 Å². The highest BCUT2D eigenvalue weighted by Gasteiger charge is 2.42. The van der Waals surface area contributed by atoms with Gasteiger partial charge < -0.3 is 4.90 Å². The Hall–Kier alpha value is -0.0400. The second kappa shape index (κ2) is 2.78. The van der Waals surface area contributed by atoms with Crippen molar-refractivity contribution < 1.29 is 0 Å². The van der Waals surface area contributed by atoms with Gasteiger partial charge in [0.1, 0.15) is 0 Å². The first-order valence-electron chi connectivity index (χ1n) is 4.62. The van der Waals surface area contributed by atoms with E-state index >= 15 is 0 Å². The zero-order valence-corrected chi connectivity index (χ0v) is 8.52. The zero-order valence-electron chi connectivity index (χ0n) is 8.52. The molecule has 0 heterocycles. The predicted octanol–water partition coefficient (Wildman–Crippen LogP) is 2.37. The van der Waals surface area contributed by atoms with Crippen LogP contribution in [0.1, 0.15) is 33.6 Å². The average molecular weight is 155 g/mol. The minimum Gasteiger partial charge on any atom is -0.306 e. The lowest BCUT2D eigenvalue weighted by Crippen LogP contribution is -2.49. The van der Waals surface area contributed by atoms with E-state index in [4.69, 9.17) is 0 Å². The maximum absolute atomic E-state index is 2.41. The summed E-state index contributed by atoms with van der Waals surface area (Å²) in [7, 11) is 4.37. The van der Waals surface area contributed by atoms with Gasteiger partial charge >= 0.3 is 0 Å². The molecular formula is C10H21N. The summed E-state index contributed by atoms with van der Waals surface area (Å²) >= 11 is 0. The normalized spacial score (nSPS) is 37.9. The SMILES string of the molecule is CC(C)C1(C)CC(N(C)C)C1. The lowest BCUT2D eigenvalue weighted by molar-refractivity contribution is 0.00261. The van der Waals surface area contributed by atoms with E-state index in [1.807, 2.05) is 0 Å². The van der Waals surface area contributed by atoms with Gasteiger partial charge in [-0.1, -0.05) is 20.8 Å². The lowest BCUT2D eigenvalue weighted by Gasteiger charge is -2.51. The standard InChI is InChI=1S/C10H21N/c1-8(2)10(3)6-9(7-10)11(4)5/h8-9H,6-7H2,1-5H3. The largest absolute Gasteiger partial charge is 0.306 e. The Morgan fingerprint density at radius 3 is 2.00 bits per heavy atom. The monoisotopic (exact) mass is 155 g/mol. The highest BCUT2D eigenvalue weighted by molar-refractivity contribution is 4.96. The molecule has 66 valence electrons. The molecule has 1 aliphatic rings. The second-order valence-electron chi connectivity index (χ2n) is 4.83. The highest BCUT2D eigenvalue weighted by atomic mass is 15.1. The first kappa shape index (κ1) is 9.05. The van der Waals surface area contributed by atoms with Crippen molar-refractivity contribution in [2.24, 2.45) is 11.3 Å². The van der Waals surface area contributed by atoms with Crippen LogP contribution in [0.5, 0.6) is 0 Å². The maximum atomic E-state index is 2.41. The van der Waals surface area contributed by atoms with Gasteiger partial charge in [0.2, 0.25) is 0 Å². The van der Waals surface area contributed by atoms with Gasteiger partial charge in [0.15, 0.2) is 0 Å². The van der Waals surface area contributed by atoms with Crippen LogP contribution in [0, 0.1) is 11.3 Å². The minimum absolute atomic E-state index is 0.634. The molecule has 0 atom stereocenters. The van der Waals surface area contributed by atoms with E-state index in [9.17, 15) is 0 Å². The Bertz CT molecular complexity index is 132. The van der Waals surface area contributed by atoms with E-state index in [1.54, 1.807) is 0 Å². The fraction of sp³-hybridized carbons (Fsp3) is 1.00. The molecule has 11 heavy (non-hydrogen) atoms. The van der Waals surface area contributed by atoms with Crippen molar-refractivity contribution in [3.05, 3.63) is 0 Å². The third-order valence-electron chi connectivity index (χ3n) is 3.53. The Labute approximate surface area is 70.8 Å². The van der Waals surface area contributed by atoms with Crippen LogP contribution < -0.4 is 0 Å². The molecule has 0 N–H and O–H groups in total. The molecule has 0 bridgehead atoms. The van der Waals surface area contributed by atoms with Crippen molar-refractivity contribution in [1.82, 2.24) is 4.90 Å². The Morgan fingerprint density at radius 2 is 1.73 bits per heavy atom. The maximum Gasteiger partial charge on any atom is 0.00997 e. The molecule has 1 rings (SSSR count). The summed E-state index contributed by atoms with van der Waals surface area (Å²) in [4.78, 5) is 2.35. The summed E-state index contributed by atoms with van der Waals surface area (Å²) in [6.07, 6.45) is 2.77. The molecule has 0 spiro atoms. The van der Waals surface area contributed by atoms with Gasteiger partial charge in [0.25, 0.3) is 0 Å². The average Bonchev–Trinajstić information content (AvgIpc) is 1.79. The van der Waals surface area contributed by atoms with Crippen LogP contribution in [0.2, 0.25) is 0 Å². The van der Waals surface area contributed by atoms with Crippen molar-refractivity contribution in [3.8, 4) is 0 Å². The number of rotatable bonds is 2. The molecule has 0 aromatic rings. The van der Waals surface area contributed by atoms with Gasteiger partial charge in [-0.15, -0.1) is 0 Å². The molecule has 0 aliphatic heterocycles. The molecule has 1 aliphatic carbocycles. The van der Waals surface area contributed by atoms with E-state index in [2.05, 4.69) is 39.8 Å². The van der Waals surface area contributed by atoms with Crippen LogP contribution >= 0.6 is 0 Å². The van der Waals surface area contributed by atoms with Crippen LogP contribution in [0.4, 0.5) is 0 Å². The second-order valence-corrected chi connectivity index (χ2v) is 4.83. The number of nitrogens with zero attached hydrogens (tertiary/aromatic N) is 1. The van der Waals surface area contributed by atoms with E-state index in [0.717, 1.165) is 12.0 Å². The Kier molecular flexibility index (Phi) is 2.29. The van der Waals surface area contributed by atoms with Gasteiger partial charge in [-0.05, 0) is 38.3 Å². The first-order valence-corrected chi connectivity index (χ1v) is 4.62. The van der Waals surface area contributed by atoms with Crippen molar-refractivity contribution in [2.45, 2.75) is 39.7 Å². The third-order valence-corrected chi connectivity index (χ3v) is 3.53. The van der Waals surface area contributed by atoms with E-state index in [0.29, 0.717) is 5.41 Å². The predicted molar refractivity (Wildman–Crippen MR) is 49.7 cm³/mol. The van der Waals surface area contributed by atoms with Crippen molar-refractivity contribution >= 4 is 0 Å². The fourth-order valence-electron chi connectivity index (χ4n) is 1.85. The van der Waals surface area contributed by atoms with Crippen molar-refractivity contribution in [1.29, 1.82) is 0 Å². The van der Waals surface area contributed by atoms with Gasteiger partial charge in [0, 0.05) is 6.04 Å². The van der Waals surface area contributed by atoms with Crippen LogP contribution in [-0.4, -0.2) is 25.0 Å². The molecule has 0 radical (unpaired) electrons. The smallest absolute Gasteiger partial charge is 0.00997 e. The summed E-state index contributed by atoms with van der Waals surface area (Å²) in [5, 5.41) is 0. The molecule has 0 saturated heterocycles. The van der Waals surface area contributed by atoms with E-state index in [1.165, 1.54) is 12.8 Å². The van der Waals surface area contributed by atoms with Crippen LogP contribution in [0.25, 0.3) is 0 Å². The molecule has 0 aromatic carbocycles. The highest BCUT2D eigenvalue weighted by Crippen LogP contribution is 2.47. The fourth-order valence-corrected chi connectivity index (χ4v) is 1.85. The Morgan fingerprint density at radius 1 is 1.27 bits per heavy atom. The number of hydrogen-bond acceptors (Lipinski definition) is 1. The molecule has 1 nitrogen and oxygen atoms in total. The molecule has 0 unspecified atom stereocenters. The summed E-state index contributed by atoms with van der Waals surface area (Å²) in [5.41, 5.74) is 0.634. The molecular weight excluding hydrogens is 134 g/mol. The zero-order chi connectivity index (χ0) is 8.65. The van der Waals surface area contributed by atoms with Gasteiger partial charge in [-0.3, -0.25) is 0 Å². The molecule has 1 fully saturated rings. The summed E-state index contributed by atoms with van der Waals surface area (Å²) < 4.78 is 0. The van der Waals surface area contributed by atoms with Gasteiger partial charge in [-0.25, -0.2) is 0 Å². The van der Waals surface area contributed by atoms with E-state index in [-0.39, 0.29) is 0 Å². The van der Waals surface area contributed by atoms with Crippen molar-refractivity contribution in [3.63, 3.8) is 0 Å². The minimum atomic E-state index is 0.634.